The zero-order valence-electron chi connectivity index (χ0n) is 74.4. The van der Waals surface area contributed by atoms with Crippen LogP contribution in [0.25, 0.3) is 71.6 Å². The Kier molecular flexibility index (Phi) is 42.8. The molecule has 0 unspecified atom stereocenters. The number of carbonyl (C=O) groups is 2. The van der Waals surface area contributed by atoms with E-state index in [2.05, 4.69) is 59.6 Å². The number of fused-ring (bicyclic) bond motifs is 5. The van der Waals surface area contributed by atoms with Crippen LogP contribution in [0.1, 0.15) is 59.5 Å². The second-order valence-electron chi connectivity index (χ2n) is 27.8. The third-order valence-electron chi connectivity index (χ3n) is 19.9. The molecule has 3 heterocycles. The van der Waals surface area contributed by atoms with Gasteiger partial charge in [-0.25, -0.2) is 51.6 Å². The van der Waals surface area contributed by atoms with Crippen LogP contribution in [0.4, 0.5) is 46.0 Å². The predicted octanol–water partition coefficient (Wildman–Crippen LogP) is -13.5. The number of aliphatic hydroxyl groups excluding tert-OH is 1. The number of anilines is 6. The van der Waals surface area contributed by atoms with Crippen LogP contribution in [-0.4, -0.2) is 138 Å². The van der Waals surface area contributed by atoms with E-state index in [1.165, 1.54) is 104 Å². The van der Waals surface area contributed by atoms with E-state index in [4.69, 9.17) is 9.15 Å². The quantitative estimate of drug-likeness (QED) is 0.00428. The van der Waals surface area contributed by atoms with Gasteiger partial charge in [-0.15, -0.1) is 10.2 Å². The van der Waals surface area contributed by atoms with Crippen LogP contribution < -0.4 is 274 Å². The molecule has 53 heteroatoms. The van der Waals surface area contributed by atoms with E-state index >= 15 is 0 Å². The van der Waals surface area contributed by atoms with Crippen LogP contribution in [0, 0.1) is 17.4 Å². The molecule has 0 atom stereocenters. The van der Waals surface area contributed by atoms with E-state index in [1.807, 2.05) is 52.0 Å². The molecule has 0 saturated carbocycles. The third-order valence-corrected chi connectivity index (χ3v) is 24.4. The van der Waals surface area contributed by atoms with Crippen LogP contribution in [0.3, 0.4) is 0 Å². The number of aromatic nitrogens is 4. The molecule has 0 spiro atoms. The van der Waals surface area contributed by atoms with Crippen molar-refractivity contribution in [3.63, 3.8) is 0 Å². The first-order valence-electron chi connectivity index (χ1n) is 37.8. The second kappa shape index (κ2) is 49.6. The average molecular weight is 2040 g/mol. The number of para-hydroxylation sites is 1. The van der Waals surface area contributed by atoms with Gasteiger partial charge < -0.3 is 87.8 Å². The largest absolute Gasteiger partial charge is 1.00 e. The van der Waals surface area contributed by atoms with E-state index in [1.54, 1.807) is 41.1 Å². The van der Waals surface area contributed by atoms with Crippen molar-refractivity contribution in [1.82, 2.24) is 24.5 Å². The van der Waals surface area contributed by atoms with Gasteiger partial charge in [0.15, 0.2) is 27.2 Å². The van der Waals surface area contributed by atoms with Crippen molar-refractivity contribution in [2.45, 2.75) is 59.1 Å². The summed E-state index contributed by atoms with van der Waals surface area (Å²) in [5, 5.41) is 83.3. The summed E-state index contributed by atoms with van der Waals surface area (Å²) in [4.78, 5) is 64.8. The molecular formula is C84H62N11Na7O29S6. The number of rotatable bonds is 26. The number of carboxylic acids is 2. The van der Waals surface area contributed by atoms with Gasteiger partial charge in [-0.1, -0.05) is 103 Å². The van der Waals surface area contributed by atoms with Gasteiger partial charge in [0.25, 0.3) is 5.56 Å². The van der Waals surface area contributed by atoms with Gasteiger partial charge in [-0.05, 0) is 124 Å². The van der Waals surface area contributed by atoms with Crippen LogP contribution in [-0.2, 0) is 60.1 Å². The predicted molar refractivity (Wildman–Crippen MR) is 457 cm³/mol. The number of carbonyl (C=O) groups excluding carboxylic acids is 2. The molecule has 0 amide bonds. The third kappa shape index (κ3) is 27.1. The second-order valence-corrected chi connectivity index (χ2v) is 35.1. The van der Waals surface area contributed by atoms with Crippen molar-refractivity contribution in [3.05, 3.63) is 264 Å². The van der Waals surface area contributed by atoms with Crippen molar-refractivity contribution in [2.24, 2.45) is 10.2 Å². The molecule has 2 aliphatic heterocycles. The zero-order chi connectivity index (χ0) is 94.0. The molecule has 0 fully saturated rings. The summed E-state index contributed by atoms with van der Waals surface area (Å²) in [6.07, 6.45) is 0. The van der Waals surface area contributed by atoms with Crippen LogP contribution in [0.2, 0.25) is 0 Å². The summed E-state index contributed by atoms with van der Waals surface area (Å²) < 4.78 is 200. The number of aromatic hydroxyl groups is 2. The molecular weight excluding hydrogens is 1980 g/mol. The molecule has 0 radical (unpaired) electrons. The molecule has 0 bridgehead atoms. The number of nitrogens with one attached hydrogen (secondary N) is 3. The molecule has 11 aromatic rings. The van der Waals surface area contributed by atoms with Crippen LogP contribution in [0.15, 0.2) is 249 Å². The van der Waals surface area contributed by atoms with Gasteiger partial charge in [-0.3, -0.25) is 19.3 Å². The molecule has 10 aromatic carbocycles. The molecule has 0 saturated heterocycles. The number of benzene rings is 11. The topological polar surface area (TPSA) is 644 Å². The minimum absolute atomic E-state index is 0. The molecule has 2 aliphatic carbocycles. The Morgan fingerprint density at radius 2 is 1.14 bits per heavy atom. The Morgan fingerprint density at radius 3 is 1.74 bits per heavy atom. The van der Waals surface area contributed by atoms with E-state index in [9.17, 15) is 115 Å². The van der Waals surface area contributed by atoms with Gasteiger partial charge in [0.05, 0.1) is 82.2 Å². The summed E-state index contributed by atoms with van der Waals surface area (Å²) >= 11 is 0.207. The molecule has 137 heavy (non-hydrogen) atoms. The van der Waals surface area contributed by atoms with Crippen LogP contribution in [0.5, 0.6) is 23.3 Å². The van der Waals surface area contributed by atoms with Gasteiger partial charge in [0, 0.05) is 103 Å². The van der Waals surface area contributed by atoms with Gasteiger partial charge in [0.2, 0.25) is 17.3 Å². The Labute approximate surface area is 937 Å². The number of aryl methyl sites for hydroxylation is 1. The fourth-order valence-electron chi connectivity index (χ4n) is 14.2. The Balaban J connectivity index is 0.000000309. The summed E-state index contributed by atoms with van der Waals surface area (Å²) in [6, 6.07) is 45.3. The molecule has 1 aromatic heterocycles. The molecule has 15 rings (SSSR count). The van der Waals surface area contributed by atoms with E-state index in [0.29, 0.717) is 39.5 Å². The van der Waals surface area contributed by atoms with Crippen molar-refractivity contribution in [1.29, 1.82) is 0 Å². The summed E-state index contributed by atoms with van der Waals surface area (Å²) in [5.41, 5.74) is -1.32. The number of hydrogen-bond donors (Lipinski definition) is 6. The number of phenolic OH excluding ortho intramolecular Hbond substituents is 1. The monoisotopic (exact) mass is 2040 g/mol. The first-order valence-corrected chi connectivity index (χ1v) is 45.6. The number of aromatic carboxylic acids is 2. The number of phenols is 1. The number of carboxylic acid groups (broad SMARTS) is 2. The van der Waals surface area contributed by atoms with Crippen molar-refractivity contribution in [2.75, 3.05) is 46.4 Å². The van der Waals surface area contributed by atoms with Crippen molar-refractivity contribution in [3.8, 4) is 45.7 Å². The maximum absolute atomic E-state index is 13.9. The SMILES string of the molecule is CCN(CC)c1ccc2c(-c3ccc(S(=O)(=O)[O-])cc3S(=O)(=O)[O-])c3ccc(=[N+](CC)CC)cc-3oc2c1.Cc1ccc(Oc2cc(NS(=O)(=O)[O-])c3c4c2nc(=O)c(=C(O)c2ccccc2)c=4c2ccccc2c3=O)c(S(=O)(=O)[O-])c1.O=C([O-])c1ccccc1N=Nc1c(SOO[O-])cc2cc(S(=O)(=O)[O-])cc(Nc3nc(O)nc(Nc4ccccc4C(=O)[O-])n3)c2c1O.[Na+].[Na+].[Na+].[Na+].[Na+].[Na+].[Na+]. The van der Waals surface area contributed by atoms with Crippen molar-refractivity contribution >= 4 is 170 Å². The van der Waals surface area contributed by atoms with E-state index in [0.717, 1.165) is 73.6 Å². The van der Waals surface area contributed by atoms with Gasteiger partial charge in [-0.2, -0.15) is 19.3 Å². The minimum Gasteiger partial charge on any atom is -0.744 e. The summed E-state index contributed by atoms with van der Waals surface area (Å²) in [7, 11) is -25.7. The maximum Gasteiger partial charge on any atom is 1.00 e. The summed E-state index contributed by atoms with van der Waals surface area (Å²) in [5.74, 6) is -5.75. The smallest absolute Gasteiger partial charge is 0.744 e. The number of ether oxygens (including phenoxy) is 1. The zero-order valence-corrected chi connectivity index (χ0v) is 93.3. The van der Waals surface area contributed by atoms with E-state index < -0.39 is 146 Å². The standard InChI is InChI=1S/C30H20N2O10S2.C27H19N7O12S2.C27H30N2O7S2.7Na/c1-15-11-12-20(22(13-15)43(36,37)38)42-21-14-19(32-44(39,40)41)24-25-23(17-9-5-6-10-18(17)29(24)34)26(30(35)31-27(21)25)28(33)16-7-3-2-4-8-16;35-22-20-12(10-19(47-46-45-41)21(22)34-33-17-8-4-2-6-15(17)24(38)39)9-13(48(42,43)44)11-18(20)29-26-30-25(31-27(40)32-26)28-16-7-3-1-5-14(16)23(36)37;1-5-28(6-2)18-9-12-21-24(15-18)36-25-16-19(29(7-3)8-4)10-13-22(25)27(21)23-14-11-20(37(30,31)32)17-26(23)38(33,34)35;;;;;;;/h2-14,32-33H,1H3,(H,36,37,38)(H,39,40,41);1-11,35,41H,(H,36,37)(H,38,39)(H,42,43,44)(H3,28,29,30,31,32,40);9-17H,5-8H2,1-4H3,(H-,30,31,32,33,34,35);;;;;;;/q;;;7*+1/p-7. The first-order chi connectivity index (χ1) is 61.5. The molecule has 40 nitrogen and oxygen atoms in total. The number of hydrogen-bond acceptors (Lipinski definition) is 39. The molecule has 4 aliphatic rings. The molecule has 670 valence electrons. The Hall–Kier alpha value is -7.37. The number of azo groups is 1. The van der Waals surface area contributed by atoms with E-state index in [-0.39, 0.29) is 311 Å². The normalized spacial score (nSPS) is 11.6. The number of nitrogens with zero attached hydrogens (tertiary/aromatic N) is 8. The fraction of sp³-hybridized carbons (Fsp3) is 0.107. The van der Waals surface area contributed by atoms with Crippen LogP contribution >= 0.6 is 12.0 Å². The first kappa shape index (κ1) is 118. The maximum atomic E-state index is 13.9. The fourth-order valence-corrected chi connectivity index (χ4v) is 17.7. The average Bonchev–Trinajstić information content (AvgIpc) is 0.701. The van der Waals surface area contributed by atoms with Crippen molar-refractivity contribution < 1.29 is 331 Å². The Morgan fingerprint density at radius 1 is 0.547 bits per heavy atom. The summed E-state index contributed by atoms with van der Waals surface area (Å²) in [6.45, 7) is 12.7. The molecule has 6 N–H and O–H groups in total. The van der Waals surface area contributed by atoms with Gasteiger partial charge >= 0.3 is 213 Å². The van der Waals surface area contributed by atoms with Gasteiger partial charge in [0.1, 0.15) is 87.6 Å². The minimum atomic E-state index is -5.26. The Bertz CT molecular complexity index is 8120. The number of aliphatic hydroxyl groups is 1.